The van der Waals surface area contributed by atoms with Gasteiger partial charge in [0.15, 0.2) is 5.78 Å². The number of ketones is 1. The molecule has 0 atom stereocenters. The molecule has 112 valence electrons. The summed E-state index contributed by atoms with van der Waals surface area (Å²) in [5.41, 5.74) is 0.471. The molecule has 0 radical (unpaired) electrons. The van der Waals surface area contributed by atoms with Crippen LogP contribution in [0.3, 0.4) is 0 Å². The van der Waals surface area contributed by atoms with Crippen molar-refractivity contribution in [1.82, 2.24) is 4.90 Å². The molecule has 0 fully saturated rings. The highest BCUT2D eigenvalue weighted by atomic mass is 19.1. The number of Topliss-reactive ketones (excluding diaryl/α,β-unsaturated/α-hetero) is 1. The predicted molar refractivity (Wildman–Crippen MR) is 81.5 cm³/mol. The molecule has 0 aromatic heterocycles. The highest BCUT2D eigenvalue weighted by Gasteiger charge is 2.13. The fourth-order valence-electron chi connectivity index (χ4n) is 2.36. The van der Waals surface area contributed by atoms with Crippen LogP contribution >= 0.6 is 0 Å². The van der Waals surface area contributed by atoms with E-state index in [1.807, 2.05) is 0 Å². The Bertz CT molecular complexity index is 419. The lowest BCUT2D eigenvalue weighted by molar-refractivity contribution is 0.0956. The third-order valence-corrected chi connectivity index (χ3v) is 3.05. The van der Waals surface area contributed by atoms with Gasteiger partial charge in [0.2, 0.25) is 0 Å². The molecule has 0 aliphatic carbocycles. The van der Waals surface area contributed by atoms with Gasteiger partial charge in [-0.15, -0.1) is 0 Å². The standard InChI is InChI=1S/C17H26FNO/c1-13(2)11-19(12-14(3)4)9-8-17(20)15-6-5-7-16(18)10-15/h5-7,10,13-14H,8-9,11-12H2,1-4H3. The number of carbonyl (C=O) groups is 1. The summed E-state index contributed by atoms with van der Waals surface area (Å²) in [5, 5.41) is 0. The Morgan fingerprint density at radius 2 is 1.75 bits per heavy atom. The summed E-state index contributed by atoms with van der Waals surface area (Å²) >= 11 is 0. The fraction of sp³-hybridized carbons (Fsp3) is 0.588. The van der Waals surface area contributed by atoms with Crippen molar-refractivity contribution in [2.45, 2.75) is 34.1 Å². The van der Waals surface area contributed by atoms with Crippen LogP contribution in [0.4, 0.5) is 4.39 Å². The maximum absolute atomic E-state index is 13.1. The summed E-state index contributed by atoms with van der Waals surface area (Å²) in [7, 11) is 0. The number of rotatable bonds is 8. The van der Waals surface area contributed by atoms with E-state index in [2.05, 4.69) is 32.6 Å². The lowest BCUT2D eigenvalue weighted by atomic mass is 10.1. The Hall–Kier alpha value is -1.22. The Kier molecular flexibility index (Phi) is 6.86. The molecule has 0 heterocycles. The first-order valence-electron chi connectivity index (χ1n) is 7.39. The van der Waals surface area contributed by atoms with Gasteiger partial charge in [0.05, 0.1) is 0 Å². The average Bonchev–Trinajstić information content (AvgIpc) is 2.34. The smallest absolute Gasteiger partial charge is 0.164 e. The minimum atomic E-state index is -0.350. The summed E-state index contributed by atoms with van der Waals surface area (Å²) in [5.74, 6) is 0.829. The van der Waals surface area contributed by atoms with E-state index in [9.17, 15) is 9.18 Å². The van der Waals surface area contributed by atoms with E-state index >= 15 is 0 Å². The molecular weight excluding hydrogens is 253 g/mol. The van der Waals surface area contributed by atoms with Crippen LogP contribution in [0.25, 0.3) is 0 Å². The van der Waals surface area contributed by atoms with E-state index in [4.69, 9.17) is 0 Å². The largest absolute Gasteiger partial charge is 0.302 e. The van der Waals surface area contributed by atoms with Gasteiger partial charge in [0.1, 0.15) is 5.82 Å². The minimum absolute atomic E-state index is 0.0158. The first-order valence-corrected chi connectivity index (χ1v) is 7.39. The second-order valence-corrected chi connectivity index (χ2v) is 6.23. The van der Waals surface area contributed by atoms with Crippen LogP contribution < -0.4 is 0 Å². The van der Waals surface area contributed by atoms with Crippen molar-refractivity contribution >= 4 is 5.78 Å². The van der Waals surface area contributed by atoms with Crippen molar-refractivity contribution in [3.05, 3.63) is 35.6 Å². The zero-order valence-electron chi connectivity index (χ0n) is 13.0. The third-order valence-electron chi connectivity index (χ3n) is 3.05. The maximum atomic E-state index is 13.1. The summed E-state index contributed by atoms with van der Waals surface area (Å²) in [6.07, 6.45) is 0.447. The van der Waals surface area contributed by atoms with Crippen LogP contribution in [0.2, 0.25) is 0 Å². The maximum Gasteiger partial charge on any atom is 0.164 e. The second-order valence-electron chi connectivity index (χ2n) is 6.23. The first kappa shape index (κ1) is 16.8. The molecule has 2 nitrogen and oxygen atoms in total. The molecule has 0 saturated carbocycles. The van der Waals surface area contributed by atoms with Crippen molar-refractivity contribution < 1.29 is 9.18 Å². The van der Waals surface area contributed by atoms with Crippen LogP contribution in [0.1, 0.15) is 44.5 Å². The fourth-order valence-corrected chi connectivity index (χ4v) is 2.36. The van der Waals surface area contributed by atoms with Crippen molar-refractivity contribution in [3.63, 3.8) is 0 Å². The lowest BCUT2D eigenvalue weighted by Crippen LogP contribution is -2.33. The zero-order valence-corrected chi connectivity index (χ0v) is 13.0. The minimum Gasteiger partial charge on any atom is -0.302 e. The zero-order chi connectivity index (χ0) is 15.1. The predicted octanol–water partition coefficient (Wildman–Crippen LogP) is 4.01. The van der Waals surface area contributed by atoms with Gasteiger partial charge in [-0.1, -0.05) is 39.8 Å². The molecule has 0 amide bonds. The monoisotopic (exact) mass is 279 g/mol. The lowest BCUT2D eigenvalue weighted by Gasteiger charge is -2.25. The topological polar surface area (TPSA) is 20.3 Å². The Labute approximate surface area is 122 Å². The van der Waals surface area contributed by atoms with Crippen LogP contribution in [-0.4, -0.2) is 30.3 Å². The molecule has 0 N–H and O–H groups in total. The van der Waals surface area contributed by atoms with E-state index in [-0.39, 0.29) is 11.6 Å². The summed E-state index contributed by atoms with van der Waals surface area (Å²) in [6, 6.07) is 5.95. The van der Waals surface area contributed by atoms with Crippen LogP contribution in [-0.2, 0) is 0 Å². The molecule has 0 aliphatic heterocycles. The van der Waals surface area contributed by atoms with Gasteiger partial charge in [0.25, 0.3) is 0 Å². The van der Waals surface area contributed by atoms with Gasteiger partial charge in [-0.2, -0.15) is 0 Å². The number of nitrogens with zero attached hydrogens (tertiary/aromatic N) is 1. The molecule has 3 heteroatoms. The second kappa shape index (κ2) is 8.15. The molecule has 1 aromatic carbocycles. The molecule has 0 spiro atoms. The van der Waals surface area contributed by atoms with Gasteiger partial charge < -0.3 is 4.90 Å². The van der Waals surface area contributed by atoms with Gasteiger partial charge >= 0.3 is 0 Å². The molecule has 0 aliphatic rings. The quantitative estimate of drug-likeness (QED) is 0.670. The van der Waals surface area contributed by atoms with Crippen LogP contribution in [0, 0.1) is 17.7 Å². The highest BCUT2D eigenvalue weighted by molar-refractivity contribution is 5.96. The Balaban J connectivity index is 2.55. The number of halogens is 1. The van der Waals surface area contributed by atoms with Crippen LogP contribution in [0.15, 0.2) is 24.3 Å². The van der Waals surface area contributed by atoms with Crippen LogP contribution in [0.5, 0.6) is 0 Å². The van der Waals surface area contributed by atoms with E-state index in [0.717, 1.165) is 19.6 Å². The summed E-state index contributed by atoms with van der Waals surface area (Å²) in [4.78, 5) is 14.4. The normalized spacial score (nSPS) is 11.6. The van der Waals surface area contributed by atoms with Gasteiger partial charge in [0, 0.05) is 31.6 Å². The molecule has 20 heavy (non-hydrogen) atoms. The molecular formula is C17H26FNO. The SMILES string of the molecule is CC(C)CN(CCC(=O)c1cccc(F)c1)CC(C)C. The number of carbonyl (C=O) groups excluding carboxylic acids is 1. The van der Waals surface area contributed by atoms with Gasteiger partial charge in [-0.25, -0.2) is 4.39 Å². The number of hydrogen-bond donors (Lipinski definition) is 0. The van der Waals surface area contributed by atoms with Crippen molar-refractivity contribution in [2.75, 3.05) is 19.6 Å². The Morgan fingerprint density at radius 1 is 1.15 bits per heavy atom. The highest BCUT2D eigenvalue weighted by Crippen LogP contribution is 2.09. The number of hydrogen-bond acceptors (Lipinski definition) is 2. The van der Waals surface area contributed by atoms with E-state index in [0.29, 0.717) is 23.8 Å². The first-order chi connectivity index (χ1) is 9.38. The molecule has 0 saturated heterocycles. The molecule has 0 unspecified atom stereocenters. The molecule has 0 bridgehead atoms. The number of benzene rings is 1. The van der Waals surface area contributed by atoms with Crippen molar-refractivity contribution in [2.24, 2.45) is 11.8 Å². The van der Waals surface area contributed by atoms with Gasteiger partial charge in [-0.3, -0.25) is 4.79 Å². The average molecular weight is 279 g/mol. The van der Waals surface area contributed by atoms with E-state index in [1.54, 1.807) is 12.1 Å². The molecule has 1 rings (SSSR count). The third kappa shape index (κ3) is 6.29. The van der Waals surface area contributed by atoms with Gasteiger partial charge in [-0.05, 0) is 24.0 Å². The van der Waals surface area contributed by atoms with Crippen molar-refractivity contribution in [3.8, 4) is 0 Å². The summed E-state index contributed by atoms with van der Waals surface area (Å²) in [6.45, 7) is 11.5. The van der Waals surface area contributed by atoms with E-state index in [1.165, 1.54) is 12.1 Å². The molecule has 1 aromatic rings. The van der Waals surface area contributed by atoms with E-state index < -0.39 is 0 Å². The Morgan fingerprint density at radius 3 is 2.25 bits per heavy atom. The summed E-state index contributed by atoms with van der Waals surface area (Å²) < 4.78 is 13.1. The van der Waals surface area contributed by atoms with Crippen molar-refractivity contribution in [1.29, 1.82) is 0 Å².